The standard InChI is InChI=1S/C36H25NO2/c38-35-33(24-23-32-31-13-7-8-14-34(31)39-36(32)35)37(29-19-15-27(16-20-29)25-9-3-1-4-10-25)30-21-17-28(18-22-30)26-11-5-2-6-12-26/h1-24,38H. The van der Waals surface area contributed by atoms with Crippen molar-refractivity contribution in [1.82, 2.24) is 0 Å². The lowest BCUT2D eigenvalue weighted by atomic mass is 10.0. The Balaban J connectivity index is 1.37. The third-order valence-electron chi connectivity index (χ3n) is 7.21. The molecule has 0 atom stereocenters. The highest BCUT2D eigenvalue weighted by Crippen LogP contribution is 2.46. The van der Waals surface area contributed by atoms with E-state index in [9.17, 15) is 5.11 Å². The summed E-state index contributed by atoms with van der Waals surface area (Å²) < 4.78 is 6.12. The predicted molar refractivity (Wildman–Crippen MR) is 161 cm³/mol. The van der Waals surface area contributed by atoms with Crippen LogP contribution in [0.25, 0.3) is 44.2 Å². The number of anilines is 3. The van der Waals surface area contributed by atoms with Gasteiger partial charge >= 0.3 is 0 Å². The van der Waals surface area contributed by atoms with Gasteiger partial charge in [0.1, 0.15) is 5.58 Å². The highest BCUT2D eigenvalue weighted by molar-refractivity contribution is 6.09. The van der Waals surface area contributed by atoms with Gasteiger partial charge in [0.25, 0.3) is 0 Å². The van der Waals surface area contributed by atoms with Crippen LogP contribution in [0.5, 0.6) is 5.75 Å². The first-order valence-electron chi connectivity index (χ1n) is 13.0. The minimum atomic E-state index is 0.114. The van der Waals surface area contributed by atoms with Crippen molar-refractivity contribution >= 4 is 39.0 Å². The number of phenols is 1. The Morgan fingerprint density at radius 1 is 0.436 bits per heavy atom. The zero-order valence-corrected chi connectivity index (χ0v) is 21.2. The Kier molecular flexibility index (Phi) is 5.60. The van der Waals surface area contributed by atoms with E-state index in [-0.39, 0.29) is 5.75 Å². The Labute approximate surface area is 226 Å². The fourth-order valence-electron chi connectivity index (χ4n) is 5.24. The molecule has 0 spiro atoms. The van der Waals surface area contributed by atoms with Crippen LogP contribution < -0.4 is 4.90 Å². The maximum atomic E-state index is 11.6. The second kappa shape index (κ2) is 9.55. The fourth-order valence-corrected chi connectivity index (χ4v) is 5.24. The van der Waals surface area contributed by atoms with Crippen LogP contribution in [-0.2, 0) is 0 Å². The van der Waals surface area contributed by atoms with E-state index in [4.69, 9.17) is 4.42 Å². The van der Waals surface area contributed by atoms with E-state index in [2.05, 4.69) is 77.7 Å². The molecule has 0 unspecified atom stereocenters. The van der Waals surface area contributed by atoms with Crippen LogP contribution in [0, 0.1) is 0 Å². The first-order chi connectivity index (χ1) is 19.3. The Hall–Kier alpha value is -5.28. The zero-order chi connectivity index (χ0) is 26.2. The molecule has 0 radical (unpaired) electrons. The van der Waals surface area contributed by atoms with E-state index >= 15 is 0 Å². The highest BCUT2D eigenvalue weighted by Gasteiger charge is 2.21. The molecule has 0 fully saturated rings. The number of nitrogens with zero attached hydrogens (tertiary/aromatic N) is 1. The summed E-state index contributed by atoms with van der Waals surface area (Å²) in [7, 11) is 0. The average Bonchev–Trinajstić information content (AvgIpc) is 3.40. The van der Waals surface area contributed by atoms with Gasteiger partial charge < -0.3 is 14.4 Å². The van der Waals surface area contributed by atoms with E-state index in [0.717, 1.165) is 50.0 Å². The SMILES string of the molecule is Oc1c(N(c2ccc(-c3ccccc3)cc2)c2ccc(-c3ccccc3)cc2)ccc2c1oc1ccccc12. The van der Waals surface area contributed by atoms with Gasteiger partial charge in [-0.25, -0.2) is 0 Å². The molecule has 0 saturated heterocycles. The summed E-state index contributed by atoms with van der Waals surface area (Å²) in [5.41, 5.74) is 8.36. The van der Waals surface area contributed by atoms with Crippen molar-refractivity contribution in [1.29, 1.82) is 0 Å². The quantitative estimate of drug-likeness (QED) is 0.254. The molecule has 39 heavy (non-hydrogen) atoms. The molecule has 6 aromatic carbocycles. The van der Waals surface area contributed by atoms with Gasteiger partial charge in [-0.15, -0.1) is 0 Å². The van der Waals surface area contributed by atoms with Crippen molar-refractivity contribution in [2.75, 3.05) is 4.90 Å². The summed E-state index contributed by atoms with van der Waals surface area (Å²) >= 11 is 0. The lowest BCUT2D eigenvalue weighted by molar-refractivity contribution is 0.470. The number of furan rings is 1. The molecule has 0 aliphatic rings. The minimum Gasteiger partial charge on any atom is -0.503 e. The Morgan fingerprint density at radius 3 is 1.49 bits per heavy atom. The first kappa shape index (κ1) is 22.9. The third kappa shape index (κ3) is 4.11. The molecule has 0 bridgehead atoms. The maximum Gasteiger partial charge on any atom is 0.183 e. The zero-order valence-electron chi connectivity index (χ0n) is 21.2. The van der Waals surface area contributed by atoms with Gasteiger partial charge in [-0.1, -0.05) is 103 Å². The number of benzene rings is 6. The molecule has 0 aliphatic carbocycles. The van der Waals surface area contributed by atoms with Crippen LogP contribution >= 0.6 is 0 Å². The molecule has 1 heterocycles. The van der Waals surface area contributed by atoms with Gasteiger partial charge in [0, 0.05) is 22.1 Å². The average molecular weight is 504 g/mol. The van der Waals surface area contributed by atoms with E-state index in [1.165, 1.54) is 0 Å². The number of fused-ring (bicyclic) bond motifs is 3. The van der Waals surface area contributed by atoms with Crippen LogP contribution in [0.1, 0.15) is 0 Å². The molecular weight excluding hydrogens is 478 g/mol. The summed E-state index contributed by atoms with van der Waals surface area (Å²) in [5, 5.41) is 13.5. The number of phenolic OH excluding ortho intramolecular Hbond substituents is 1. The molecule has 0 saturated carbocycles. The van der Waals surface area contributed by atoms with Gasteiger partial charge in [0.05, 0.1) is 5.69 Å². The Bertz CT molecular complexity index is 1810. The largest absolute Gasteiger partial charge is 0.503 e. The Morgan fingerprint density at radius 2 is 0.923 bits per heavy atom. The molecule has 1 aromatic heterocycles. The number of hydrogen-bond acceptors (Lipinski definition) is 3. The molecule has 3 nitrogen and oxygen atoms in total. The van der Waals surface area contributed by atoms with Crippen molar-refractivity contribution in [3.05, 3.63) is 146 Å². The topological polar surface area (TPSA) is 36.6 Å². The fraction of sp³-hybridized carbons (Fsp3) is 0. The third-order valence-corrected chi connectivity index (χ3v) is 7.21. The molecule has 7 aromatic rings. The van der Waals surface area contributed by atoms with Gasteiger partial charge in [0.2, 0.25) is 0 Å². The normalized spacial score (nSPS) is 11.2. The van der Waals surface area contributed by atoms with Crippen LogP contribution in [0.15, 0.2) is 150 Å². The van der Waals surface area contributed by atoms with Crippen molar-refractivity contribution in [3.63, 3.8) is 0 Å². The molecule has 0 aliphatic heterocycles. The number of aromatic hydroxyl groups is 1. The number of rotatable bonds is 5. The van der Waals surface area contributed by atoms with E-state index in [0.29, 0.717) is 11.3 Å². The minimum absolute atomic E-state index is 0.114. The first-order valence-corrected chi connectivity index (χ1v) is 13.0. The highest BCUT2D eigenvalue weighted by atomic mass is 16.4. The van der Waals surface area contributed by atoms with Crippen LogP contribution in [0.3, 0.4) is 0 Å². The lowest BCUT2D eigenvalue weighted by Gasteiger charge is -2.26. The molecule has 7 rings (SSSR count). The summed E-state index contributed by atoms with van der Waals surface area (Å²) in [6.45, 7) is 0. The van der Waals surface area contributed by atoms with E-state index in [1.807, 2.05) is 72.8 Å². The van der Waals surface area contributed by atoms with E-state index < -0.39 is 0 Å². The van der Waals surface area contributed by atoms with Crippen molar-refractivity contribution < 1.29 is 9.52 Å². The maximum absolute atomic E-state index is 11.6. The smallest absolute Gasteiger partial charge is 0.183 e. The van der Waals surface area contributed by atoms with Gasteiger partial charge in [-0.05, 0) is 64.7 Å². The molecule has 3 heteroatoms. The van der Waals surface area contributed by atoms with Gasteiger partial charge in [-0.2, -0.15) is 0 Å². The second-order valence-corrected chi connectivity index (χ2v) is 9.57. The summed E-state index contributed by atoms with van der Waals surface area (Å²) in [5.74, 6) is 0.114. The summed E-state index contributed by atoms with van der Waals surface area (Å²) in [4.78, 5) is 2.07. The lowest BCUT2D eigenvalue weighted by Crippen LogP contribution is -2.10. The molecule has 1 N–H and O–H groups in total. The summed E-state index contributed by atoms with van der Waals surface area (Å²) in [6.07, 6.45) is 0. The van der Waals surface area contributed by atoms with Crippen molar-refractivity contribution in [2.24, 2.45) is 0 Å². The van der Waals surface area contributed by atoms with Crippen molar-refractivity contribution in [2.45, 2.75) is 0 Å². The van der Waals surface area contributed by atoms with Crippen LogP contribution in [0.4, 0.5) is 17.1 Å². The van der Waals surface area contributed by atoms with Gasteiger partial charge in [-0.3, -0.25) is 0 Å². The van der Waals surface area contributed by atoms with Crippen LogP contribution in [0.2, 0.25) is 0 Å². The second-order valence-electron chi connectivity index (χ2n) is 9.57. The monoisotopic (exact) mass is 503 g/mol. The molecule has 186 valence electrons. The number of para-hydroxylation sites is 1. The predicted octanol–water partition coefficient (Wildman–Crippen LogP) is 10.1. The van der Waals surface area contributed by atoms with E-state index in [1.54, 1.807) is 0 Å². The molecule has 0 amide bonds. The van der Waals surface area contributed by atoms with Crippen LogP contribution in [-0.4, -0.2) is 5.11 Å². The van der Waals surface area contributed by atoms with Crippen molar-refractivity contribution in [3.8, 4) is 28.0 Å². The van der Waals surface area contributed by atoms with Gasteiger partial charge in [0.15, 0.2) is 11.3 Å². The summed E-state index contributed by atoms with van der Waals surface area (Å²) in [6, 6.07) is 49.4. The molecular formula is C36H25NO2. The number of hydrogen-bond donors (Lipinski definition) is 1.